The van der Waals surface area contributed by atoms with Gasteiger partial charge in [-0.1, -0.05) is 0 Å². The van der Waals surface area contributed by atoms with Gasteiger partial charge in [0.25, 0.3) is 6.43 Å². The zero-order valence-electron chi connectivity index (χ0n) is 18.1. The van der Waals surface area contributed by atoms with Crippen molar-refractivity contribution in [1.29, 1.82) is 0 Å². The Bertz CT molecular complexity index is 1140. The number of aryl methyl sites for hydroxylation is 1. The summed E-state index contributed by atoms with van der Waals surface area (Å²) in [6, 6.07) is 4.41. The van der Waals surface area contributed by atoms with E-state index in [2.05, 4.69) is 15.3 Å². The van der Waals surface area contributed by atoms with E-state index in [-0.39, 0.29) is 28.3 Å². The Labute approximate surface area is 190 Å². The van der Waals surface area contributed by atoms with Crippen molar-refractivity contribution in [3.05, 3.63) is 53.0 Å². The maximum Gasteiger partial charge on any atom is 0.424 e. The van der Waals surface area contributed by atoms with Crippen molar-refractivity contribution in [2.75, 3.05) is 11.9 Å². The van der Waals surface area contributed by atoms with E-state index >= 15 is 0 Å². The van der Waals surface area contributed by atoms with E-state index in [9.17, 15) is 31.1 Å². The topological polar surface area (TPSA) is 98.8 Å². The van der Waals surface area contributed by atoms with Gasteiger partial charge in [-0.2, -0.15) is 13.2 Å². The van der Waals surface area contributed by atoms with Gasteiger partial charge in [-0.05, 0) is 45.0 Å². The molecule has 184 valence electrons. The summed E-state index contributed by atoms with van der Waals surface area (Å²) in [4.78, 5) is 19.8. The number of anilines is 1. The number of hydrogen-bond acceptors (Lipinski definition) is 6. The fourth-order valence-electron chi connectivity index (χ4n) is 3.19. The van der Waals surface area contributed by atoms with Crippen molar-refractivity contribution >= 4 is 17.6 Å². The first-order valence-electron chi connectivity index (χ1n) is 9.76. The molecule has 0 saturated carbocycles. The Morgan fingerprint density at radius 2 is 1.94 bits per heavy atom. The largest absolute Gasteiger partial charge is 0.424 e. The smallest absolute Gasteiger partial charge is 0.391 e. The molecular formula is C21H20F6N4O3. The lowest BCUT2D eigenvalue weighted by Gasteiger charge is -2.41. The molecule has 7 nitrogen and oxygen atoms in total. The Hall–Kier alpha value is -3.35. The number of alkyl halides is 5. The third-order valence-corrected chi connectivity index (χ3v) is 5.32. The van der Waals surface area contributed by atoms with Crippen LogP contribution in [0.5, 0.6) is 5.88 Å². The second-order valence-corrected chi connectivity index (χ2v) is 7.99. The van der Waals surface area contributed by atoms with Crippen LogP contribution in [-0.2, 0) is 10.3 Å². The van der Waals surface area contributed by atoms with Gasteiger partial charge >= 0.3 is 12.3 Å². The van der Waals surface area contributed by atoms with Crippen LogP contribution in [0.2, 0.25) is 0 Å². The Balaban J connectivity index is 1.83. The molecule has 3 N–H and O–H groups in total. The summed E-state index contributed by atoms with van der Waals surface area (Å²) in [5, 5.41) is 2.31. The van der Waals surface area contributed by atoms with E-state index in [0.717, 1.165) is 31.3 Å². The molecule has 2 unspecified atom stereocenters. The Morgan fingerprint density at radius 1 is 1.26 bits per heavy atom. The number of carbonyl (C=O) groups is 1. The van der Waals surface area contributed by atoms with Crippen molar-refractivity contribution in [1.82, 2.24) is 4.98 Å². The lowest BCUT2D eigenvalue weighted by atomic mass is 9.89. The highest BCUT2D eigenvalue weighted by atomic mass is 19.4. The highest BCUT2D eigenvalue weighted by Gasteiger charge is 2.59. The standard InChI is InChI=1S/C21H20F6N4O3/c1-10-6-11(15(23)24)8-29-16(10)34-18(32)30-12-4-5-14(22)13(7-12)19(2)9-33-20(3,17(28)31-19)21(25,26)27/h4-8,15H,9H2,1-3H3,(H2,28,31)(H,30,32). The number of nitrogens with two attached hydrogens (primary N) is 1. The fourth-order valence-corrected chi connectivity index (χ4v) is 3.19. The summed E-state index contributed by atoms with van der Waals surface area (Å²) in [6.07, 6.45) is -7.79. The predicted molar refractivity (Wildman–Crippen MR) is 109 cm³/mol. The van der Waals surface area contributed by atoms with E-state index in [1.807, 2.05) is 0 Å². The zero-order chi connectivity index (χ0) is 25.5. The number of ether oxygens (including phenoxy) is 2. The predicted octanol–water partition coefficient (Wildman–Crippen LogP) is 5.00. The number of hydrogen-bond donors (Lipinski definition) is 2. The molecule has 2 aromatic rings. The number of aromatic nitrogens is 1. The van der Waals surface area contributed by atoms with Gasteiger partial charge in [0.1, 0.15) is 17.2 Å². The van der Waals surface area contributed by atoms with Crippen LogP contribution >= 0.6 is 0 Å². The molecule has 0 aliphatic carbocycles. The van der Waals surface area contributed by atoms with Crippen molar-refractivity contribution < 1.29 is 40.6 Å². The summed E-state index contributed by atoms with van der Waals surface area (Å²) in [6.45, 7) is 2.82. The molecular weight excluding hydrogens is 470 g/mol. The van der Waals surface area contributed by atoms with Crippen molar-refractivity contribution in [3.8, 4) is 5.88 Å². The monoisotopic (exact) mass is 490 g/mol. The van der Waals surface area contributed by atoms with Gasteiger partial charge in [0.15, 0.2) is 0 Å². The molecule has 34 heavy (non-hydrogen) atoms. The van der Waals surface area contributed by atoms with Crippen molar-refractivity contribution in [2.45, 2.75) is 44.5 Å². The van der Waals surface area contributed by atoms with Gasteiger partial charge < -0.3 is 15.2 Å². The zero-order valence-corrected chi connectivity index (χ0v) is 18.1. The summed E-state index contributed by atoms with van der Waals surface area (Å²) in [5.41, 5.74) is 0.760. The highest BCUT2D eigenvalue weighted by molar-refractivity contribution is 5.91. The highest BCUT2D eigenvalue weighted by Crippen LogP contribution is 2.41. The minimum absolute atomic E-state index is 0.0161. The molecule has 1 aromatic carbocycles. The van der Waals surface area contributed by atoms with Crippen LogP contribution < -0.4 is 15.8 Å². The van der Waals surface area contributed by atoms with E-state index in [4.69, 9.17) is 15.2 Å². The number of rotatable bonds is 4. The van der Waals surface area contributed by atoms with Gasteiger partial charge in [-0.3, -0.25) is 10.3 Å². The first kappa shape index (κ1) is 25.3. The van der Waals surface area contributed by atoms with Crippen LogP contribution in [0.25, 0.3) is 0 Å². The van der Waals surface area contributed by atoms with Gasteiger partial charge in [0.2, 0.25) is 11.5 Å². The molecule has 1 amide bonds. The molecule has 2 atom stereocenters. The quantitative estimate of drug-likeness (QED) is 0.588. The van der Waals surface area contributed by atoms with Gasteiger partial charge in [0, 0.05) is 28.6 Å². The van der Waals surface area contributed by atoms with E-state index < -0.39 is 48.1 Å². The van der Waals surface area contributed by atoms with Crippen LogP contribution in [-0.4, -0.2) is 35.3 Å². The normalized spacial score (nSPS) is 22.9. The first-order chi connectivity index (χ1) is 15.7. The Kier molecular flexibility index (Phi) is 6.53. The van der Waals surface area contributed by atoms with Crippen LogP contribution in [0.4, 0.5) is 36.8 Å². The lowest BCUT2D eigenvalue weighted by Crippen LogP contribution is -2.60. The summed E-state index contributed by atoms with van der Waals surface area (Å²) >= 11 is 0. The molecule has 0 bridgehead atoms. The minimum atomic E-state index is -4.84. The molecule has 3 rings (SSSR count). The molecule has 0 fully saturated rings. The molecule has 0 spiro atoms. The number of pyridine rings is 1. The fraction of sp³-hybridized carbons (Fsp3) is 0.381. The molecule has 1 aliphatic heterocycles. The van der Waals surface area contributed by atoms with E-state index in [1.54, 1.807) is 0 Å². The van der Waals surface area contributed by atoms with E-state index in [1.165, 1.54) is 19.9 Å². The molecule has 1 aromatic heterocycles. The molecule has 1 aliphatic rings. The second kappa shape index (κ2) is 8.78. The number of amides is 1. The van der Waals surface area contributed by atoms with Gasteiger partial charge in [-0.15, -0.1) is 0 Å². The van der Waals surface area contributed by atoms with Crippen LogP contribution in [0.1, 0.15) is 37.0 Å². The maximum atomic E-state index is 14.6. The molecule has 0 saturated heterocycles. The Morgan fingerprint density at radius 3 is 2.50 bits per heavy atom. The number of nitrogens with zero attached hydrogens (tertiary/aromatic N) is 2. The van der Waals surface area contributed by atoms with Crippen LogP contribution in [0, 0.1) is 12.7 Å². The first-order valence-corrected chi connectivity index (χ1v) is 9.76. The third kappa shape index (κ3) is 4.79. The summed E-state index contributed by atoms with van der Waals surface area (Å²) in [7, 11) is 0. The van der Waals surface area contributed by atoms with E-state index in [0.29, 0.717) is 0 Å². The number of carbonyl (C=O) groups excluding carboxylic acids is 1. The number of benzene rings is 1. The van der Waals surface area contributed by atoms with Crippen molar-refractivity contribution in [2.24, 2.45) is 10.7 Å². The van der Waals surface area contributed by atoms with Crippen LogP contribution in [0.15, 0.2) is 35.5 Å². The summed E-state index contributed by atoms with van der Waals surface area (Å²) < 4.78 is 90.0. The molecule has 2 heterocycles. The summed E-state index contributed by atoms with van der Waals surface area (Å²) in [5.74, 6) is -1.92. The van der Waals surface area contributed by atoms with Gasteiger partial charge in [0.05, 0.1) is 6.61 Å². The third-order valence-electron chi connectivity index (χ3n) is 5.32. The molecule has 0 radical (unpaired) electrons. The minimum Gasteiger partial charge on any atom is -0.391 e. The average Bonchev–Trinajstić information content (AvgIpc) is 2.73. The number of aliphatic imine (C=N–C) groups is 1. The second-order valence-electron chi connectivity index (χ2n) is 7.99. The SMILES string of the molecule is Cc1cc(C(F)F)cnc1OC(=O)Nc1ccc(F)c(C2(C)COC(C)(C(F)(F)F)C(N)=N2)c1. The lowest BCUT2D eigenvalue weighted by molar-refractivity contribution is -0.249. The van der Waals surface area contributed by atoms with Crippen LogP contribution in [0.3, 0.4) is 0 Å². The number of halogens is 6. The maximum absolute atomic E-state index is 14.6. The van der Waals surface area contributed by atoms with Crippen molar-refractivity contribution in [3.63, 3.8) is 0 Å². The average molecular weight is 490 g/mol. The molecule has 13 heteroatoms. The number of amidine groups is 1. The van der Waals surface area contributed by atoms with Gasteiger partial charge in [-0.25, -0.2) is 22.9 Å². The number of nitrogens with one attached hydrogen (secondary N) is 1.